The van der Waals surface area contributed by atoms with Crippen LogP contribution in [0.3, 0.4) is 0 Å². The van der Waals surface area contributed by atoms with Gasteiger partial charge in [0.25, 0.3) is 0 Å². The summed E-state index contributed by atoms with van der Waals surface area (Å²) in [5.74, 6) is 0. The van der Waals surface area contributed by atoms with Crippen molar-refractivity contribution < 1.29 is 34.1 Å². The molecular weight excluding hydrogens is 755 g/mol. The van der Waals surface area contributed by atoms with Gasteiger partial charge < -0.3 is 14.4 Å². The molecule has 0 bridgehead atoms. The Bertz CT molecular complexity index is 2350. The number of nitrogens with zero attached hydrogens (tertiary/aromatic N) is 3. The second-order valence-electron chi connectivity index (χ2n) is 12.1. The quantitative estimate of drug-likeness (QED) is 0.157. The molecule has 0 aliphatic heterocycles. The second-order valence-corrected chi connectivity index (χ2v) is 12.1. The molecular formula is C42H39IrN3O-2. The molecule has 4 aromatic heterocycles. The Morgan fingerprint density at radius 2 is 1.64 bits per heavy atom. The monoisotopic (exact) mass is 801 g/mol. The Hall–Kier alpha value is -4.44. The number of fused-ring (bicyclic) bond motifs is 3. The normalized spacial score (nSPS) is 14.3. The standard InChI is InChI=1S/C30H29N2O.C12H10N.Ir/c1-20-8-15-25-24-6-5-7-26(28(24)33-29(25)32-20)27-18-22(16-17-31-27)12-9-21-10-13-23(14-11-21)19-30(2,3)4;1-10-7-8-12(13-9-10)11-5-3-2-4-6-11;/h5-6,8,10-11,13-18H,9,12,19H2,1-4H3;2-5,7-9H,1H3;/q2*-1;/i1D3,12D2,19D2;;. The Labute approximate surface area is 301 Å². The van der Waals surface area contributed by atoms with Crippen molar-refractivity contribution in [3.05, 3.63) is 150 Å². The SMILES string of the molecule is Cc1ccc(-c2[c-]cccc2)nc1.[2H]C([2H])([2H])c1ccc2c(n1)oc1c(-c3cc(C([2H])([2H])Cc4ccc(C([2H])([2H])C(C)(C)C)cc4)ccn3)[c-]ccc12.[Ir]. The number of rotatable bonds is 6. The zero-order valence-electron chi connectivity index (χ0n) is 33.7. The van der Waals surface area contributed by atoms with Gasteiger partial charge in [0.15, 0.2) is 0 Å². The van der Waals surface area contributed by atoms with E-state index in [-0.39, 0.29) is 37.9 Å². The second kappa shape index (κ2) is 15.0. The van der Waals surface area contributed by atoms with Crippen LogP contribution in [0.5, 0.6) is 0 Å². The predicted octanol–water partition coefficient (Wildman–Crippen LogP) is 10.4. The molecule has 0 unspecified atom stereocenters. The number of pyridine rings is 3. The van der Waals surface area contributed by atoms with Crippen molar-refractivity contribution in [2.24, 2.45) is 5.41 Å². The third kappa shape index (κ3) is 8.68. The maximum absolute atomic E-state index is 8.84. The molecule has 0 saturated carbocycles. The minimum absolute atomic E-state index is 0. The van der Waals surface area contributed by atoms with E-state index >= 15 is 0 Å². The van der Waals surface area contributed by atoms with Gasteiger partial charge in [-0.1, -0.05) is 79.7 Å². The number of furan rings is 1. The van der Waals surface area contributed by atoms with Crippen molar-refractivity contribution in [3.63, 3.8) is 0 Å². The van der Waals surface area contributed by atoms with Gasteiger partial charge in [0.05, 0.1) is 5.58 Å². The minimum Gasteiger partial charge on any atom is -0.486 e. The molecule has 0 N–H and O–H groups in total. The summed E-state index contributed by atoms with van der Waals surface area (Å²) in [5.41, 5.74) is 5.95. The van der Waals surface area contributed by atoms with Crippen LogP contribution in [0.2, 0.25) is 0 Å². The molecule has 7 aromatic rings. The molecule has 0 spiro atoms. The van der Waals surface area contributed by atoms with Crippen molar-refractivity contribution in [2.45, 2.75) is 53.7 Å². The molecule has 7 rings (SSSR count). The summed E-state index contributed by atoms with van der Waals surface area (Å²) in [6.07, 6.45) is 0.248. The molecule has 0 fully saturated rings. The van der Waals surface area contributed by atoms with Crippen LogP contribution in [-0.4, -0.2) is 15.0 Å². The number of aryl methyl sites for hydroxylation is 4. The summed E-state index contributed by atoms with van der Waals surface area (Å²) in [6, 6.07) is 35.2. The smallest absolute Gasteiger partial charge is 0.216 e. The van der Waals surface area contributed by atoms with Gasteiger partial charge in [0, 0.05) is 53.2 Å². The average molecular weight is 801 g/mol. The Kier molecular flexibility index (Phi) is 8.17. The van der Waals surface area contributed by atoms with Crippen LogP contribution < -0.4 is 0 Å². The first-order valence-electron chi connectivity index (χ1n) is 18.6. The maximum Gasteiger partial charge on any atom is 0.216 e. The summed E-state index contributed by atoms with van der Waals surface area (Å²) >= 11 is 0. The van der Waals surface area contributed by atoms with Crippen LogP contribution in [0, 0.1) is 31.3 Å². The van der Waals surface area contributed by atoms with Gasteiger partial charge in [-0.3, -0.25) is 0 Å². The van der Waals surface area contributed by atoms with Gasteiger partial charge in [-0.05, 0) is 84.6 Å². The molecule has 5 heteroatoms. The van der Waals surface area contributed by atoms with E-state index in [1.807, 2.05) is 70.3 Å². The zero-order valence-corrected chi connectivity index (χ0v) is 29.1. The molecule has 0 atom stereocenters. The first-order valence-corrected chi connectivity index (χ1v) is 15.1. The number of hydrogen-bond donors (Lipinski definition) is 0. The first-order chi connectivity index (χ1) is 24.9. The van der Waals surface area contributed by atoms with Crippen LogP contribution in [0.15, 0.2) is 114 Å². The van der Waals surface area contributed by atoms with Gasteiger partial charge in [0.2, 0.25) is 5.71 Å². The summed E-state index contributed by atoms with van der Waals surface area (Å²) in [6.45, 7) is 5.24. The first kappa shape index (κ1) is 25.6. The van der Waals surface area contributed by atoms with E-state index in [4.69, 9.17) is 14.0 Å². The van der Waals surface area contributed by atoms with E-state index in [0.717, 1.165) is 22.2 Å². The molecule has 47 heavy (non-hydrogen) atoms. The van der Waals surface area contributed by atoms with Gasteiger partial charge in [0.1, 0.15) is 0 Å². The van der Waals surface area contributed by atoms with Gasteiger partial charge in [-0.2, -0.15) is 0 Å². The summed E-state index contributed by atoms with van der Waals surface area (Å²) in [7, 11) is 0. The van der Waals surface area contributed by atoms with E-state index in [2.05, 4.69) is 33.2 Å². The third-order valence-electron chi connectivity index (χ3n) is 7.18. The summed E-state index contributed by atoms with van der Waals surface area (Å²) < 4.78 is 63.6. The van der Waals surface area contributed by atoms with Crippen LogP contribution in [0.4, 0.5) is 0 Å². The van der Waals surface area contributed by atoms with Crippen molar-refractivity contribution in [1.82, 2.24) is 15.0 Å². The van der Waals surface area contributed by atoms with Crippen molar-refractivity contribution in [3.8, 4) is 22.5 Å². The third-order valence-corrected chi connectivity index (χ3v) is 7.18. The van der Waals surface area contributed by atoms with Crippen molar-refractivity contribution in [1.29, 1.82) is 0 Å². The largest absolute Gasteiger partial charge is 0.486 e. The molecule has 4 nitrogen and oxygen atoms in total. The molecule has 0 aliphatic rings. The van der Waals surface area contributed by atoms with Crippen molar-refractivity contribution in [2.75, 3.05) is 0 Å². The van der Waals surface area contributed by atoms with Crippen molar-refractivity contribution >= 4 is 22.1 Å². The molecule has 0 saturated heterocycles. The minimum atomic E-state index is -2.36. The van der Waals surface area contributed by atoms with Gasteiger partial charge >= 0.3 is 0 Å². The molecule has 3 aromatic carbocycles. The summed E-state index contributed by atoms with van der Waals surface area (Å²) in [5, 5.41) is 1.41. The van der Waals surface area contributed by atoms with Gasteiger partial charge in [-0.25, -0.2) is 4.98 Å². The van der Waals surface area contributed by atoms with Gasteiger partial charge in [-0.15, -0.1) is 54.1 Å². The fourth-order valence-corrected chi connectivity index (χ4v) is 5.01. The molecule has 0 amide bonds. The molecule has 1 radical (unpaired) electrons. The predicted molar refractivity (Wildman–Crippen MR) is 189 cm³/mol. The molecule has 0 aliphatic carbocycles. The molecule has 239 valence electrons. The Morgan fingerprint density at radius 3 is 2.36 bits per heavy atom. The summed E-state index contributed by atoms with van der Waals surface area (Å²) in [4.78, 5) is 13.0. The van der Waals surface area contributed by atoms with E-state index in [1.165, 1.54) is 11.6 Å². The Morgan fingerprint density at radius 1 is 0.809 bits per heavy atom. The van der Waals surface area contributed by atoms with E-state index in [1.54, 1.807) is 54.7 Å². The van der Waals surface area contributed by atoms with Crippen LogP contribution in [0.1, 0.15) is 58.3 Å². The molecule has 4 heterocycles. The average Bonchev–Trinajstić information content (AvgIpc) is 3.50. The topological polar surface area (TPSA) is 51.8 Å². The van der Waals surface area contributed by atoms with E-state index < -0.39 is 25.0 Å². The Balaban J connectivity index is 0.000000337. The number of aromatic nitrogens is 3. The maximum atomic E-state index is 8.84. The number of hydrogen-bond acceptors (Lipinski definition) is 4. The van der Waals surface area contributed by atoms with Crippen LogP contribution in [-0.2, 0) is 39.3 Å². The zero-order chi connectivity index (χ0) is 38.2. The van der Waals surface area contributed by atoms with E-state index in [9.17, 15) is 0 Å². The fourth-order valence-electron chi connectivity index (χ4n) is 5.01. The fraction of sp³-hybridized carbons (Fsp3) is 0.214. The van der Waals surface area contributed by atoms with Crippen LogP contribution >= 0.6 is 0 Å². The van der Waals surface area contributed by atoms with Crippen LogP contribution in [0.25, 0.3) is 44.6 Å². The number of benzene rings is 3. The van der Waals surface area contributed by atoms with E-state index in [0.29, 0.717) is 33.4 Å².